The second-order valence-electron chi connectivity index (χ2n) is 9.84. The number of hydrogen-bond acceptors (Lipinski definition) is 7. The van der Waals surface area contributed by atoms with Crippen LogP contribution in [-0.4, -0.2) is 29.3 Å². The van der Waals surface area contributed by atoms with Crippen molar-refractivity contribution < 1.29 is 38.1 Å². The number of carboxylic acid groups (broad SMARTS) is 1. The number of ether oxygens (including phenoxy) is 2. The summed E-state index contributed by atoms with van der Waals surface area (Å²) < 4.78 is 22.3. The molecule has 0 radical (unpaired) electrons. The number of carbonyl (C=O) groups excluding carboxylic acids is 1. The van der Waals surface area contributed by atoms with Gasteiger partial charge in [0.05, 0.1) is 13.0 Å². The Labute approximate surface area is 298 Å². The number of halogens is 3. The Kier molecular flexibility index (Phi) is 13.5. The molecule has 48 heavy (non-hydrogen) atoms. The summed E-state index contributed by atoms with van der Waals surface area (Å²) in [5.74, 6) is 0.807. The Morgan fingerprint density at radius 2 is 1.08 bits per heavy atom. The SMILES string of the molecule is COC(=O)c1ccc(CCl)o1.O=C(O)c1ccc(COc2ccc(-c3ccc(Br)cc3)cc2)o1.Oc1ccc(-c2ccc(Br)cc2)cc1. The van der Waals surface area contributed by atoms with Gasteiger partial charge in [-0.1, -0.05) is 80.4 Å². The van der Waals surface area contributed by atoms with E-state index in [2.05, 4.69) is 36.6 Å². The van der Waals surface area contributed by atoms with Crippen molar-refractivity contribution >= 4 is 55.4 Å². The van der Waals surface area contributed by atoms with E-state index < -0.39 is 11.9 Å². The van der Waals surface area contributed by atoms with Crippen LogP contribution in [0.15, 0.2) is 139 Å². The maximum Gasteiger partial charge on any atom is 0.373 e. The number of aromatic carboxylic acids is 1. The highest BCUT2D eigenvalue weighted by atomic mass is 79.9. The topological polar surface area (TPSA) is 119 Å². The molecule has 6 rings (SSSR count). The number of methoxy groups -OCH3 is 1. The smallest absolute Gasteiger partial charge is 0.373 e. The van der Waals surface area contributed by atoms with Crippen LogP contribution in [0, 0.1) is 0 Å². The fraction of sp³-hybridized carbons (Fsp3) is 0.0811. The van der Waals surface area contributed by atoms with Crippen LogP contribution in [0.25, 0.3) is 22.3 Å². The molecule has 2 heterocycles. The molecule has 0 saturated carbocycles. The normalized spacial score (nSPS) is 10.2. The van der Waals surface area contributed by atoms with E-state index in [0.29, 0.717) is 23.0 Å². The summed E-state index contributed by atoms with van der Waals surface area (Å²) in [7, 11) is 1.30. The number of esters is 1. The Balaban J connectivity index is 0.000000177. The summed E-state index contributed by atoms with van der Waals surface area (Å²) >= 11 is 12.2. The van der Waals surface area contributed by atoms with Crippen LogP contribution in [-0.2, 0) is 17.2 Å². The van der Waals surface area contributed by atoms with Gasteiger partial charge in [-0.15, -0.1) is 11.6 Å². The molecule has 11 heteroatoms. The molecule has 0 atom stereocenters. The maximum atomic E-state index is 10.8. The molecule has 2 N–H and O–H groups in total. The van der Waals surface area contributed by atoms with E-state index in [1.54, 1.807) is 24.3 Å². The van der Waals surface area contributed by atoms with E-state index in [1.807, 2.05) is 84.9 Å². The van der Waals surface area contributed by atoms with Gasteiger partial charge in [-0.2, -0.15) is 0 Å². The molecule has 246 valence electrons. The first-order valence-electron chi connectivity index (χ1n) is 14.2. The van der Waals surface area contributed by atoms with Crippen molar-refractivity contribution in [3.63, 3.8) is 0 Å². The third kappa shape index (κ3) is 10.9. The average Bonchev–Trinajstić information content (AvgIpc) is 3.80. The molecule has 0 aliphatic carbocycles. The number of phenols is 1. The van der Waals surface area contributed by atoms with E-state index in [1.165, 1.54) is 19.2 Å². The number of furan rings is 2. The van der Waals surface area contributed by atoms with Crippen molar-refractivity contribution in [2.45, 2.75) is 12.5 Å². The summed E-state index contributed by atoms with van der Waals surface area (Å²) in [4.78, 5) is 21.5. The highest BCUT2D eigenvalue weighted by Crippen LogP contribution is 2.25. The fourth-order valence-corrected chi connectivity index (χ4v) is 4.74. The van der Waals surface area contributed by atoms with Gasteiger partial charge in [0.25, 0.3) is 0 Å². The van der Waals surface area contributed by atoms with Crippen molar-refractivity contribution in [2.24, 2.45) is 0 Å². The molecule has 0 saturated heterocycles. The first kappa shape index (κ1) is 36.1. The Morgan fingerprint density at radius 3 is 1.52 bits per heavy atom. The number of carboxylic acids is 1. The number of aromatic hydroxyl groups is 1. The van der Waals surface area contributed by atoms with Crippen molar-refractivity contribution in [1.82, 2.24) is 0 Å². The van der Waals surface area contributed by atoms with E-state index >= 15 is 0 Å². The predicted octanol–water partition coefficient (Wildman–Crippen LogP) is 10.6. The zero-order valence-corrected chi connectivity index (χ0v) is 29.4. The molecule has 0 fully saturated rings. The minimum atomic E-state index is -1.09. The van der Waals surface area contributed by atoms with Gasteiger partial charge in [0, 0.05) is 8.95 Å². The first-order valence-corrected chi connectivity index (χ1v) is 16.4. The lowest BCUT2D eigenvalue weighted by Gasteiger charge is -2.06. The Morgan fingerprint density at radius 1 is 0.646 bits per heavy atom. The van der Waals surface area contributed by atoms with Crippen LogP contribution < -0.4 is 4.74 Å². The van der Waals surface area contributed by atoms with Gasteiger partial charge in [-0.3, -0.25) is 0 Å². The van der Waals surface area contributed by atoms with Gasteiger partial charge in [-0.05, 0) is 95.1 Å². The standard InChI is InChI=1S/C18H13BrO4.C12H9BrO.C7H7ClO3/c19-14-5-1-12(2-6-14)13-3-7-15(8-4-13)22-11-16-9-10-17(23-16)18(20)21;13-11-5-1-9(2-6-11)10-3-7-12(14)8-4-10;1-10-7(9)6-3-2-5(4-8)11-6/h1-10H,11H2,(H,20,21);1-8,14H;2-3H,4H2,1H3. The van der Waals surface area contributed by atoms with Crippen LogP contribution in [0.2, 0.25) is 0 Å². The lowest BCUT2D eigenvalue weighted by atomic mass is 10.1. The number of carbonyl (C=O) groups is 2. The molecule has 8 nitrogen and oxygen atoms in total. The van der Waals surface area contributed by atoms with Crippen LogP contribution in [0.4, 0.5) is 0 Å². The van der Waals surface area contributed by atoms with Gasteiger partial charge in [0.1, 0.15) is 29.6 Å². The number of benzene rings is 4. The van der Waals surface area contributed by atoms with Crippen molar-refractivity contribution in [3.8, 4) is 33.8 Å². The van der Waals surface area contributed by atoms with Gasteiger partial charge in [0.2, 0.25) is 11.5 Å². The summed E-state index contributed by atoms with van der Waals surface area (Å²) in [6.07, 6.45) is 0. The second-order valence-corrected chi connectivity index (χ2v) is 11.9. The minimum absolute atomic E-state index is 0.0887. The van der Waals surface area contributed by atoms with E-state index in [-0.39, 0.29) is 24.0 Å². The van der Waals surface area contributed by atoms with Crippen LogP contribution in [0.5, 0.6) is 11.5 Å². The highest BCUT2D eigenvalue weighted by Gasteiger charge is 2.10. The molecule has 0 aliphatic heterocycles. The predicted molar refractivity (Wildman–Crippen MR) is 190 cm³/mol. The number of phenolic OH excluding ortho intramolecular Hbond substituents is 1. The van der Waals surface area contributed by atoms with E-state index in [4.69, 9.17) is 35.4 Å². The number of rotatable bonds is 8. The molecular formula is C37H29Br2ClO8. The molecule has 0 aliphatic rings. The van der Waals surface area contributed by atoms with Gasteiger partial charge in [-0.25, -0.2) is 9.59 Å². The zero-order valence-electron chi connectivity index (χ0n) is 25.4. The fourth-order valence-electron chi connectivity index (χ4n) is 4.07. The largest absolute Gasteiger partial charge is 0.508 e. The minimum Gasteiger partial charge on any atom is -0.508 e. The summed E-state index contributed by atoms with van der Waals surface area (Å²) in [6.45, 7) is 0.185. The zero-order chi connectivity index (χ0) is 34.5. The Bertz CT molecular complexity index is 1850. The highest BCUT2D eigenvalue weighted by molar-refractivity contribution is 9.10. The summed E-state index contributed by atoms with van der Waals surface area (Å²) in [6, 6.07) is 37.2. The van der Waals surface area contributed by atoms with Crippen LogP contribution in [0.3, 0.4) is 0 Å². The maximum absolute atomic E-state index is 10.8. The van der Waals surface area contributed by atoms with Crippen molar-refractivity contribution in [2.75, 3.05) is 7.11 Å². The summed E-state index contributed by atoms with van der Waals surface area (Å²) in [5.41, 5.74) is 4.47. The van der Waals surface area contributed by atoms with Gasteiger partial charge >= 0.3 is 11.9 Å². The molecule has 0 unspecified atom stereocenters. The lowest BCUT2D eigenvalue weighted by Crippen LogP contribution is -1.98. The summed E-state index contributed by atoms with van der Waals surface area (Å²) in [5, 5.41) is 17.9. The Hall–Kier alpha value is -4.77. The number of alkyl halides is 1. The third-order valence-corrected chi connectivity index (χ3v) is 7.83. The van der Waals surface area contributed by atoms with Gasteiger partial charge in [0.15, 0.2) is 0 Å². The second kappa shape index (κ2) is 18.0. The average molecular weight is 797 g/mol. The quantitative estimate of drug-likeness (QED) is 0.115. The molecule has 0 spiro atoms. The molecular weight excluding hydrogens is 768 g/mol. The molecule has 2 aromatic heterocycles. The molecule has 6 aromatic rings. The lowest BCUT2D eigenvalue weighted by molar-refractivity contribution is 0.0562. The first-order chi connectivity index (χ1) is 23.1. The molecule has 0 bridgehead atoms. The van der Waals surface area contributed by atoms with Crippen molar-refractivity contribution in [1.29, 1.82) is 0 Å². The monoisotopic (exact) mass is 794 g/mol. The van der Waals surface area contributed by atoms with Gasteiger partial charge < -0.3 is 28.5 Å². The van der Waals surface area contributed by atoms with E-state index in [0.717, 1.165) is 31.2 Å². The third-order valence-electron chi connectivity index (χ3n) is 6.51. The van der Waals surface area contributed by atoms with Crippen LogP contribution in [0.1, 0.15) is 32.6 Å². The number of hydrogen-bond donors (Lipinski definition) is 2. The van der Waals surface area contributed by atoms with Crippen molar-refractivity contribution in [3.05, 3.63) is 153 Å². The van der Waals surface area contributed by atoms with Crippen LogP contribution >= 0.6 is 43.5 Å². The molecule has 4 aromatic carbocycles. The van der Waals surface area contributed by atoms with E-state index in [9.17, 15) is 9.59 Å². The molecule has 0 amide bonds.